The number of aromatic nitrogens is 2. The van der Waals surface area contributed by atoms with Gasteiger partial charge in [-0.2, -0.15) is 0 Å². The van der Waals surface area contributed by atoms with Crippen molar-refractivity contribution in [3.63, 3.8) is 0 Å². The van der Waals surface area contributed by atoms with Gasteiger partial charge in [-0.1, -0.05) is 36.2 Å². The zero-order valence-corrected chi connectivity index (χ0v) is 11.4. The van der Waals surface area contributed by atoms with Crippen LogP contribution in [0.1, 0.15) is 35.5 Å². The van der Waals surface area contributed by atoms with Crippen LogP contribution < -0.4 is 5.73 Å². The van der Waals surface area contributed by atoms with Crippen LogP contribution >= 0.6 is 0 Å². The van der Waals surface area contributed by atoms with Crippen molar-refractivity contribution in [2.45, 2.75) is 39.8 Å². The molecule has 0 fully saturated rings. The minimum atomic E-state index is 0.0168. The van der Waals surface area contributed by atoms with Crippen LogP contribution in [0, 0.1) is 13.8 Å². The van der Waals surface area contributed by atoms with Crippen molar-refractivity contribution in [1.29, 1.82) is 0 Å². The first-order valence-electron chi connectivity index (χ1n) is 6.44. The zero-order valence-electron chi connectivity index (χ0n) is 11.4. The number of imidazole rings is 1. The Kier molecular flexibility index (Phi) is 3.82. The zero-order chi connectivity index (χ0) is 13.1. The molecule has 0 aliphatic rings. The molecule has 1 atom stereocenters. The third-order valence-electron chi connectivity index (χ3n) is 3.18. The van der Waals surface area contributed by atoms with Gasteiger partial charge >= 0.3 is 0 Å². The highest BCUT2D eigenvalue weighted by Crippen LogP contribution is 2.17. The van der Waals surface area contributed by atoms with Gasteiger partial charge in [-0.3, -0.25) is 0 Å². The maximum absolute atomic E-state index is 6.30. The Hall–Kier alpha value is -1.61. The molecule has 0 amide bonds. The van der Waals surface area contributed by atoms with E-state index in [1.54, 1.807) is 0 Å². The van der Waals surface area contributed by atoms with E-state index in [9.17, 15) is 0 Å². The topological polar surface area (TPSA) is 43.8 Å². The van der Waals surface area contributed by atoms with Gasteiger partial charge < -0.3 is 10.3 Å². The first-order valence-corrected chi connectivity index (χ1v) is 6.44. The third kappa shape index (κ3) is 2.79. The number of aryl methyl sites for hydroxylation is 3. The Morgan fingerprint density at radius 2 is 1.89 bits per heavy atom. The summed E-state index contributed by atoms with van der Waals surface area (Å²) in [6, 6.07) is 6.52. The lowest BCUT2D eigenvalue weighted by atomic mass is 10.0. The second-order valence-electron chi connectivity index (χ2n) is 4.88. The highest BCUT2D eigenvalue weighted by Gasteiger charge is 2.10. The molecule has 1 heterocycles. The molecule has 0 spiro atoms. The van der Waals surface area contributed by atoms with Crippen molar-refractivity contribution in [2.24, 2.45) is 5.73 Å². The summed E-state index contributed by atoms with van der Waals surface area (Å²) in [5.74, 6) is 1.09. The first-order chi connectivity index (χ1) is 8.60. The summed E-state index contributed by atoms with van der Waals surface area (Å²) in [5.41, 5.74) is 10.0. The van der Waals surface area contributed by atoms with Gasteiger partial charge in [0.2, 0.25) is 0 Å². The number of hydrogen-bond acceptors (Lipinski definition) is 2. The van der Waals surface area contributed by atoms with Crippen molar-refractivity contribution in [1.82, 2.24) is 9.55 Å². The van der Waals surface area contributed by atoms with Crippen LogP contribution in [-0.2, 0) is 13.0 Å². The summed E-state index contributed by atoms with van der Waals surface area (Å²) >= 11 is 0. The van der Waals surface area contributed by atoms with E-state index in [2.05, 4.69) is 48.5 Å². The molecule has 3 heteroatoms. The summed E-state index contributed by atoms with van der Waals surface area (Å²) < 4.78 is 2.14. The van der Waals surface area contributed by atoms with Gasteiger partial charge in [-0.05, 0) is 19.4 Å². The minimum Gasteiger partial charge on any atom is -0.333 e. The molecule has 2 rings (SSSR count). The van der Waals surface area contributed by atoms with E-state index in [1.807, 2.05) is 12.4 Å². The lowest BCUT2D eigenvalue weighted by Gasteiger charge is -2.16. The quantitative estimate of drug-likeness (QED) is 0.897. The molecule has 18 heavy (non-hydrogen) atoms. The van der Waals surface area contributed by atoms with Gasteiger partial charge in [0.15, 0.2) is 0 Å². The average molecular weight is 243 g/mol. The van der Waals surface area contributed by atoms with Gasteiger partial charge in [0, 0.05) is 31.4 Å². The Bertz CT molecular complexity index is 508. The predicted octanol–water partition coefficient (Wildman–Crippen LogP) is 2.76. The molecule has 3 nitrogen and oxygen atoms in total. The summed E-state index contributed by atoms with van der Waals surface area (Å²) in [7, 11) is 0. The monoisotopic (exact) mass is 243 g/mol. The maximum Gasteiger partial charge on any atom is 0.108 e. The van der Waals surface area contributed by atoms with Gasteiger partial charge in [0.05, 0.1) is 0 Å². The largest absolute Gasteiger partial charge is 0.333 e. The van der Waals surface area contributed by atoms with E-state index < -0.39 is 0 Å². The molecule has 96 valence electrons. The third-order valence-corrected chi connectivity index (χ3v) is 3.18. The second-order valence-corrected chi connectivity index (χ2v) is 4.88. The fraction of sp³-hybridized carbons (Fsp3) is 0.400. The maximum atomic E-state index is 6.30. The highest BCUT2D eigenvalue weighted by molar-refractivity contribution is 5.30. The van der Waals surface area contributed by atoms with E-state index in [0.29, 0.717) is 0 Å². The standard InChI is InChI=1S/C15H21N3/c1-4-15-17-5-6-18(15)10-14(16)13-8-11(2)7-12(3)9-13/h5-9,14H,4,10,16H2,1-3H3. The summed E-state index contributed by atoms with van der Waals surface area (Å²) in [6.07, 6.45) is 4.78. The molecule has 0 radical (unpaired) electrons. The predicted molar refractivity (Wildman–Crippen MR) is 74.4 cm³/mol. The summed E-state index contributed by atoms with van der Waals surface area (Å²) in [6.45, 7) is 7.11. The number of rotatable bonds is 4. The van der Waals surface area contributed by atoms with Gasteiger partial charge in [0.1, 0.15) is 5.82 Å². The molecule has 1 aromatic carbocycles. The van der Waals surface area contributed by atoms with Crippen molar-refractivity contribution < 1.29 is 0 Å². The van der Waals surface area contributed by atoms with Gasteiger partial charge in [-0.15, -0.1) is 0 Å². The molecule has 1 unspecified atom stereocenters. The minimum absolute atomic E-state index is 0.0168. The second kappa shape index (κ2) is 5.36. The Labute approximate surface area is 109 Å². The van der Waals surface area contributed by atoms with E-state index in [4.69, 9.17) is 5.73 Å². The number of nitrogens with two attached hydrogens (primary N) is 1. The fourth-order valence-electron chi connectivity index (χ4n) is 2.36. The summed E-state index contributed by atoms with van der Waals surface area (Å²) in [4.78, 5) is 4.32. The van der Waals surface area contributed by atoms with Crippen molar-refractivity contribution in [3.05, 3.63) is 53.1 Å². The van der Waals surface area contributed by atoms with Crippen LogP contribution in [0.5, 0.6) is 0 Å². The molecule has 0 bridgehead atoms. The summed E-state index contributed by atoms with van der Waals surface area (Å²) in [5, 5.41) is 0. The SMILES string of the molecule is CCc1nccn1CC(N)c1cc(C)cc(C)c1. The van der Waals surface area contributed by atoms with Crippen LogP contribution in [0.3, 0.4) is 0 Å². The average Bonchev–Trinajstić information content (AvgIpc) is 2.75. The normalized spacial score (nSPS) is 12.7. The van der Waals surface area contributed by atoms with Crippen molar-refractivity contribution >= 4 is 0 Å². The van der Waals surface area contributed by atoms with Crippen LogP contribution in [0.25, 0.3) is 0 Å². The van der Waals surface area contributed by atoms with E-state index >= 15 is 0 Å². The number of benzene rings is 1. The van der Waals surface area contributed by atoms with E-state index in [0.717, 1.165) is 18.8 Å². The molecular weight excluding hydrogens is 222 g/mol. The van der Waals surface area contributed by atoms with Gasteiger partial charge in [0.25, 0.3) is 0 Å². The lowest BCUT2D eigenvalue weighted by Crippen LogP contribution is -2.18. The van der Waals surface area contributed by atoms with Crippen LogP contribution in [-0.4, -0.2) is 9.55 Å². The fourth-order valence-corrected chi connectivity index (χ4v) is 2.36. The molecule has 2 aromatic rings. The van der Waals surface area contributed by atoms with Crippen LogP contribution in [0.4, 0.5) is 0 Å². The molecule has 0 saturated carbocycles. The molecule has 0 saturated heterocycles. The molecular formula is C15H21N3. The van der Waals surface area contributed by atoms with Gasteiger partial charge in [-0.25, -0.2) is 4.98 Å². The van der Waals surface area contributed by atoms with E-state index in [-0.39, 0.29) is 6.04 Å². The molecule has 0 aliphatic heterocycles. The van der Waals surface area contributed by atoms with Crippen molar-refractivity contribution in [3.8, 4) is 0 Å². The van der Waals surface area contributed by atoms with E-state index in [1.165, 1.54) is 16.7 Å². The highest BCUT2D eigenvalue weighted by atomic mass is 15.1. The van der Waals surface area contributed by atoms with Crippen LogP contribution in [0.15, 0.2) is 30.6 Å². The Morgan fingerprint density at radius 3 is 2.50 bits per heavy atom. The number of hydrogen-bond donors (Lipinski definition) is 1. The molecule has 2 N–H and O–H groups in total. The Balaban J connectivity index is 2.19. The first kappa shape index (κ1) is 12.8. The lowest BCUT2D eigenvalue weighted by molar-refractivity contribution is 0.557. The molecule has 0 aliphatic carbocycles. The molecule has 1 aromatic heterocycles. The van der Waals surface area contributed by atoms with Crippen LogP contribution in [0.2, 0.25) is 0 Å². The number of nitrogens with zero attached hydrogens (tertiary/aromatic N) is 2. The Morgan fingerprint density at radius 1 is 1.22 bits per heavy atom. The smallest absolute Gasteiger partial charge is 0.108 e. The van der Waals surface area contributed by atoms with Crippen molar-refractivity contribution in [2.75, 3.05) is 0 Å².